The molecule has 0 aliphatic heterocycles. The van der Waals surface area contributed by atoms with Crippen LogP contribution in [0.25, 0.3) is 0 Å². The van der Waals surface area contributed by atoms with Gasteiger partial charge in [0.2, 0.25) is 0 Å². The van der Waals surface area contributed by atoms with Crippen molar-refractivity contribution in [3.63, 3.8) is 0 Å². The lowest BCUT2D eigenvalue weighted by Gasteiger charge is -2.22. The highest BCUT2D eigenvalue weighted by Crippen LogP contribution is 2.19. The summed E-state index contributed by atoms with van der Waals surface area (Å²) in [6.07, 6.45) is 2.68. The van der Waals surface area contributed by atoms with E-state index in [0.29, 0.717) is 0 Å². The number of amidine groups is 1. The van der Waals surface area contributed by atoms with Gasteiger partial charge in [-0.2, -0.15) is 5.10 Å². The van der Waals surface area contributed by atoms with Crippen molar-refractivity contribution in [3.8, 4) is 0 Å². The van der Waals surface area contributed by atoms with Crippen LogP contribution in [0.4, 0.5) is 0 Å². The Kier molecular flexibility index (Phi) is 4.72. The predicted octanol–water partition coefficient (Wildman–Crippen LogP) is 0.981. The summed E-state index contributed by atoms with van der Waals surface area (Å²) in [6, 6.07) is 0. The largest absolute Gasteiger partial charge is 0.409 e. The number of nitrogens with two attached hydrogens (primary N) is 1. The lowest BCUT2D eigenvalue weighted by Crippen LogP contribution is -2.34. The average molecular weight is 253 g/mol. The molecule has 1 aromatic heterocycles. The van der Waals surface area contributed by atoms with E-state index < -0.39 is 0 Å². The van der Waals surface area contributed by atoms with Crippen molar-refractivity contribution in [2.75, 3.05) is 6.54 Å². The first-order valence-electron chi connectivity index (χ1n) is 6.04. The van der Waals surface area contributed by atoms with Crippen molar-refractivity contribution in [2.45, 2.75) is 33.7 Å². The molecule has 1 aromatic rings. The predicted molar refractivity (Wildman–Crippen MR) is 71.5 cm³/mol. The first-order valence-corrected chi connectivity index (χ1v) is 6.04. The van der Waals surface area contributed by atoms with Crippen molar-refractivity contribution in [1.82, 2.24) is 15.1 Å². The first-order chi connectivity index (χ1) is 8.38. The van der Waals surface area contributed by atoms with Gasteiger partial charge in [-0.1, -0.05) is 19.0 Å². The number of aryl methyl sites for hydroxylation is 1. The molecule has 1 rings (SSSR count). The Bertz CT molecular complexity index is 422. The van der Waals surface area contributed by atoms with Gasteiger partial charge in [-0.05, 0) is 19.9 Å². The van der Waals surface area contributed by atoms with Gasteiger partial charge < -0.3 is 16.3 Å². The lowest BCUT2D eigenvalue weighted by atomic mass is 9.88. The molecule has 0 saturated carbocycles. The quantitative estimate of drug-likeness (QED) is 0.232. The van der Waals surface area contributed by atoms with Crippen LogP contribution in [0.15, 0.2) is 11.4 Å². The molecule has 0 amide bonds. The van der Waals surface area contributed by atoms with Crippen molar-refractivity contribution >= 4 is 5.84 Å². The highest BCUT2D eigenvalue weighted by atomic mass is 16.4. The molecule has 4 N–H and O–H groups in total. The van der Waals surface area contributed by atoms with Gasteiger partial charge in [-0.15, -0.1) is 0 Å². The van der Waals surface area contributed by atoms with E-state index in [1.54, 1.807) is 0 Å². The third-order valence-electron chi connectivity index (χ3n) is 3.38. The van der Waals surface area contributed by atoms with E-state index in [2.05, 4.69) is 15.6 Å². The standard InChI is InChI=1S/C12H23N5O/c1-9-10(8-15-17(9)4)7-14-6-5-12(2,3)11(13)16-18/h8,14,18H,5-7H2,1-4H3,(H2,13,16). The zero-order valence-corrected chi connectivity index (χ0v) is 11.6. The molecule has 0 atom stereocenters. The molecular weight excluding hydrogens is 230 g/mol. The number of rotatable bonds is 6. The molecular formula is C12H23N5O. The van der Waals surface area contributed by atoms with Crippen LogP contribution in [-0.2, 0) is 13.6 Å². The molecule has 102 valence electrons. The summed E-state index contributed by atoms with van der Waals surface area (Å²) in [4.78, 5) is 0. The maximum absolute atomic E-state index is 8.68. The Hall–Kier alpha value is -1.56. The fourth-order valence-corrected chi connectivity index (χ4v) is 1.61. The van der Waals surface area contributed by atoms with E-state index in [-0.39, 0.29) is 11.3 Å². The molecule has 0 aromatic carbocycles. The molecule has 0 spiro atoms. The second kappa shape index (κ2) is 5.86. The SMILES string of the molecule is Cc1c(CNCCC(C)(C)C(N)=NO)cnn1C. The highest BCUT2D eigenvalue weighted by Gasteiger charge is 2.22. The fourth-order valence-electron chi connectivity index (χ4n) is 1.61. The molecule has 0 fully saturated rings. The second-order valence-corrected chi connectivity index (χ2v) is 5.17. The number of oxime groups is 1. The minimum Gasteiger partial charge on any atom is -0.409 e. The summed E-state index contributed by atoms with van der Waals surface area (Å²) in [5.41, 5.74) is 7.69. The summed E-state index contributed by atoms with van der Waals surface area (Å²) in [5, 5.41) is 19.3. The summed E-state index contributed by atoms with van der Waals surface area (Å²) >= 11 is 0. The van der Waals surface area contributed by atoms with Gasteiger partial charge in [0.05, 0.1) is 6.20 Å². The van der Waals surface area contributed by atoms with Crippen LogP contribution in [0.3, 0.4) is 0 Å². The molecule has 0 saturated heterocycles. The van der Waals surface area contributed by atoms with Crippen LogP contribution in [-0.4, -0.2) is 27.4 Å². The number of nitrogens with one attached hydrogen (secondary N) is 1. The number of hydrogen-bond donors (Lipinski definition) is 3. The maximum Gasteiger partial charge on any atom is 0.144 e. The van der Waals surface area contributed by atoms with E-state index in [0.717, 1.165) is 25.2 Å². The Labute approximate surface area is 108 Å². The van der Waals surface area contributed by atoms with Crippen molar-refractivity contribution in [1.29, 1.82) is 0 Å². The van der Waals surface area contributed by atoms with Crippen LogP contribution >= 0.6 is 0 Å². The summed E-state index contributed by atoms with van der Waals surface area (Å²) in [7, 11) is 1.93. The monoisotopic (exact) mass is 253 g/mol. The van der Waals surface area contributed by atoms with Crippen LogP contribution in [0.5, 0.6) is 0 Å². The van der Waals surface area contributed by atoms with E-state index in [9.17, 15) is 0 Å². The lowest BCUT2D eigenvalue weighted by molar-refractivity contribution is 0.305. The third kappa shape index (κ3) is 3.46. The van der Waals surface area contributed by atoms with Crippen molar-refractivity contribution < 1.29 is 5.21 Å². The smallest absolute Gasteiger partial charge is 0.144 e. The number of hydrogen-bond acceptors (Lipinski definition) is 4. The highest BCUT2D eigenvalue weighted by molar-refractivity contribution is 5.85. The molecule has 6 heteroatoms. The van der Waals surface area contributed by atoms with Gasteiger partial charge in [0.1, 0.15) is 5.84 Å². The first kappa shape index (κ1) is 14.5. The van der Waals surface area contributed by atoms with Crippen LogP contribution < -0.4 is 11.1 Å². The van der Waals surface area contributed by atoms with Crippen molar-refractivity contribution in [3.05, 3.63) is 17.5 Å². The molecule has 1 heterocycles. The van der Waals surface area contributed by atoms with Crippen LogP contribution in [0, 0.1) is 12.3 Å². The molecule has 18 heavy (non-hydrogen) atoms. The minimum absolute atomic E-state index is 0.266. The Morgan fingerprint density at radius 1 is 1.61 bits per heavy atom. The summed E-state index contributed by atoms with van der Waals surface area (Å²) in [5.74, 6) is 0.266. The van der Waals surface area contributed by atoms with Crippen LogP contribution in [0.1, 0.15) is 31.5 Å². The zero-order chi connectivity index (χ0) is 13.8. The summed E-state index contributed by atoms with van der Waals surface area (Å²) in [6.45, 7) is 7.55. The Morgan fingerprint density at radius 3 is 2.78 bits per heavy atom. The molecule has 6 nitrogen and oxygen atoms in total. The zero-order valence-electron chi connectivity index (χ0n) is 11.6. The average Bonchev–Trinajstić information content (AvgIpc) is 2.65. The fraction of sp³-hybridized carbons (Fsp3) is 0.667. The van der Waals surface area contributed by atoms with Gasteiger partial charge >= 0.3 is 0 Å². The van der Waals surface area contributed by atoms with Crippen molar-refractivity contribution in [2.24, 2.45) is 23.4 Å². The Balaban J connectivity index is 2.38. The number of nitrogens with zero attached hydrogens (tertiary/aromatic N) is 3. The van der Waals surface area contributed by atoms with Crippen LogP contribution in [0.2, 0.25) is 0 Å². The van der Waals surface area contributed by atoms with Gasteiger partial charge in [0.15, 0.2) is 0 Å². The van der Waals surface area contributed by atoms with Gasteiger partial charge in [-0.25, -0.2) is 0 Å². The third-order valence-corrected chi connectivity index (χ3v) is 3.38. The normalized spacial score (nSPS) is 13.0. The molecule has 0 aliphatic carbocycles. The summed E-state index contributed by atoms with van der Waals surface area (Å²) < 4.78 is 1.86. The van der Waals surface area contributed by atoms with E-state index in [1.807, 2.05) is 38.7 Å². The topological polar surface area (TPSA) is 88.5 Å². The van der Waals surface area contributed by atoms with E-state index in [1.165, 1.54) is 5.56 Å². The van der Waals surface area contributed by atoms with Gasteiger partial charge in [0, 0.05) is 30.3 Å². The molecule has 0 bridgehead atoms. The van der Waals surface area contributed by atoms with E-state index >= 15 is 0 Å². The number of aromatic nitrogens is 2. The van der Waals surface area contributed by atoms with E-state index in [4.69, 9.17) is 10.9 Å². The minimum atomic E-state index is -0.300. The maximum atomic E-state index is 8.68. The Morgan fingerprint density at radius 2 is 2.28 bits per heavy atom. The molecule has 0 unspecified atom stereocenters. The second-order valence-electron chi connectivity index (χ2n) is 5.17. The molecule has 0 aliphatic rings. The molecule has 0 radical (unpaired) electrons. The van der Waals surface area contributed by atoms with Gasteiger partial charge in [-0.3, -0.25) is 4.68 Å². The van der Waals surface area contributed by atoms with Gasteiger partial charge in [0.25, 0.3) is 0 Å².